The summed E-state index contributed by atoms with van der Waals surface area (Å²) >= 11 is 0. The molecule has 2 aliphatic heterocycles. The average molecular weight is 461 g/mol. The van der Waals surface area contributed by atoms with Crippen LogP contribution in [0.15, 0.2) is 48.5 Å². The maximum atomic E-state index is 13.1. The highest BCUT2D eigenvalue weighted by molar-refractivity contribution is 6.07. The fourth-order valence-electron chi connectivity index (χ4n) is 5.19. The lowest BCUT2D eigenvalue weighted by atomic mass is 9.86. The molecular formula is C29H36N2O3. The summed E-state index contributed by atoms with van der Waals surface area (Å²) in [5.74, 6) is 0.826. The SMILES string of the molecule is CC(C)(C)c1ccc(CN2CCC(COC(=O)c3c4n(c5ccccc35)CCCO4)CC2)cc1. The van der Waals surface area contributed by atoms with E-state index >= 15 is 0 Å². The van der Waals surface area contributed by atoms with E-state index in [-0.39, 0.29) is 11.4 Å². The quantitative estimate of drug-likeness (QED) is 0.452. The molecule has 5 rings (SSSR count). The molecule has 0 saturated carbocycles. The van der Waals surface area contributed by atoms with Crippen LogP contribution in [0.4, 0.5) is 0 Å². The number of para-hydroxylation sites is 1. The molecule has 2 aliphatic rings. The van der Waals surface area contributed by atoms with Gasteiger partial charge in [0, 0.05) is 18.5 Å². The number of esters is 1. The summed E-state index contributed by atoms with van der Waals surface area (Å²) in [5.41, 5.74) is 4.56. The molecule has 0 aliphatic carbocycles. The molecule has 5 heteroatoms. The van der Waals surface area contributed by atoms with Gasteiger partial charge in [-0.1, -0.05) is 63.2 Å². The summed E-state index contributed by atoms with van der Waals surface area (Å²) in [6.45, 7) is 11.8. The summed E-state index contributed by atoms with van der Waals surface area (Å²) in [5, 5.41) is 0.927. The van der Waals surface area contributed by atoms with Gasteiger partial charge in [0.1, 0.15) is 5.56 Å². The van der Waals surface area contributed by atoms with Crippen LogP contribution >= 0.6 is 0 Å². The molecule has 0 radical (unpaired) electrons. The molecule has 180 valence electrons. The summed E-state index contributed by atoms with van der Waals surface area (Å²) in [6, 6.07) is 17.1. The summed E-state index contributed by atoms with van der Waals surface area (Å²) in [7, 11) is 0. The Balaban J connectivity index is 1.16. The van der Waals surface area contributed by atoms with Gasteiger partial charge in [0.15, 0.2) is 0 Å². The number of hydrogen-bond acceptors (Lipinski definition) is 4. The number of carbonyl (C=O) groups excluding carboxylic acids is 1. The summed E-state index contributed by atoms with van der Waals surface area (Å²) in [4.78, 5) is 15.6. The molecule has 34 heavy (non-hydrogen) atoms. The van der Waals surface area contributed by atoms with Crippen LogP contribution in [0.3, 0.4) is 0 Å². The highest BCUT2D eigenvalue weighted by Crippen LogP contribution is 2.35. The van der Waals surface area contributed by atoms with Crippen molar-refractivity contribution in [2.75, 3.05) is 26.3 Å². The second kappa shape index (κ2) is 9.46. The number of ether oxygens (including phenoxy) is 2. The smallest absolute Gasteiger partial charge is 0.344 e. The van der Waals surface area contributed by atoms with Gasteiger partial charge in [-0.05, 0) is 60.9 Å². The topological polar surface area (TPSA) is 43.7 Å². The number of likely N-dealkylation sites (tertiary alicyclic amines) is 1. The first-order valence-electron chi connectivity index (χ1n) is 12.6. The number of rotatable bonds is 5. The second-order valence-corrected chi connectivity index (χ2v) is 10.8. The normalized spacial score (nSPS) is 17.4. The zero-order chi connectivity index (χ0) is 23.7. The Morgan fingerprint density at radius 3 is 2.50 bits per heavy atom. The van der Waals surface area contributed by atoms with E-state index in [0.717, 1.165) is 56.3 Å². The van der Waals surface area contributed by atoms with Crippen molar-refractivity contribution in [1.29, 1.82) is 0 Å². The maximum absolute atomic E-state index is 13.1. The number of aromatic nitrogens is 1. The third-order valence-corrected chi connectivity index (χ3v) is 7.28. The summed E-state index contributed by atoms with van der Waals surface area (Å²) < 4.78 is 13.9. The Morgan fingerprint density at radius 2 is 1.76 bits per heavy atom. The number of carbonyl (C=O) groups is 1. The molecule has 1 fully saturated rings. The molecule has 0 N–H and O–H groups in total. The van der Waals surface area contributed by atoms with E-state index in [1.54, 1.807) is 0 Å². The van der Waals surface area contributed by atoms with Crippen LogP contribution in [-0.2, 0) is 23.2 Å². The zero-order valence-corrected chi connectivity index (χ0v) is 20.7. The minimum absolute atomic E-state index is 0.188. The first kappa shape index (κ1) is 23.0. The van der Waals surface area contributed by atoms with Crippen molar-refractivity contribution in [2.45, 2.75) is 58.5 Å². The van der Waals surface area contributed by atoms with Gasteiger partial charge in [0.05, 0.1) is 18.7 Å². The number of aryl methyl sites for hydroxylation is 1. The molecule has 2 aromatic carbocycles. The Bertz CT molecular complexity index is 1150. The molecule has 0 unspecified atom stereocenters. The fourth-order valence-corrected chi connectivity index (χ4v) is 5.19. The lowest BCUT2D eigenvalue weighted by molar-refractivity contribution is 0.0365. The third-order valence-electron chi connectivity index (χ3n) is 7.28. The van der Waals surface area contributed by atoms with Crippen molar-refractivity contribution < 1.29 is 14.3 Å². The molecule has 3 heterocycles. The van der Waals surface area contributed by atoms with Gasteiger partial charge in [-0.2, -0.15) is 0 Å². The van der Waals surface area contributed by atoms with E-state index in [1.165, 1.54) is 11.1 Å². The second-order valence-electron chi connectivity index (χ2n) is 10.8. The van der Waals surface area contributed by atoms with E-state index in [9.17, 15) is 4.79 Å². The Kier molecular flexibility index (Phi) is 6.39. The van der Waals surface area contributed by atoms with Crippen molar-refractivity contribution in [3.8, 4) is 5.88 Å². The minimum atomic E-state index is -0.256. The minimum Gasteiger partial charge on any atom is -0.478 e. The molecule has 1 aromatic heterocycles. The third kappa shape index (κ3) is 4.72. The number of hydrogen-bond donors (Lipinski definition) is 0. The molecular weight excluding hydrogens is 424 g/mol. The van der Waals surface area contributed by atoms with Crippen molar-refractivity contribution >= 4 is 16.9 Å². The van der Waals surface area contributed by atoms with Gasteiger partial charge in [0.25, 0.3) is 0 Å². The fraction of sp³-hybridized carbons (Fsp3) is 0.483. The predicted octanol–water partition coefficient (Wildman–Crippen LogP) is 5.79. The molecule has 1 saturated heterocycles. The van der Waals surface area contributed by atoms with E-state index in [2.05, 4.69) is 60.6 Å². The first-order chi connectivity index (χ1) is 16.4. The van der Waals surface area contributed by atoms with Crippen molar-refractivity contribution in [2.24, 2.45) is 5.92 Å². The number of piperidine rings is 1. The standard InChI is InChI=1S/C29H36N2O3/c1-29(2,3)23-11-9-21(10-12-23)19-30-16-13-22(14-17-30)20-34-28(32)26-24-7-4-5-8-25(24)31-15-6-18-33-27(26)31/h4-5,7-12,22H,6,13-20H2,1-3H3. The van der Waals surface area contributed by atoms with Crippen molar-refractivity contribution in [3.05, 3.63) is 65.2 Å². The van der Waals surface area contributed by atoms with Gasteiger partial charge >= 0.3 is 5.97 Å². The van der Waals surface area contributed by atoms with Crippen LogP contribution in [0.1, 0.15) is 61.5 Å². The predicted molar refractivity (Wildman–Crippen MR) is 135 cm³/mol. The lowest BCUT2D eigenvalue weighted by Crippen LogP contribution is -2.35. The van der Waals surface area contributed by atoms with Gasteiger partial charge in [-0.25, -0.2) is 4.79 Å². The van der Waals surface area contributed by atoms with Crippen LogP contribution in [0.5, 0.6) is 5.88 Å². The first-order valence-corrected chi connectivity index (χ1v) is 12.6. The summed E-state index contributed by atoms with van der Waals surface area (Å²) in [6.07, 6.45) is 3.07. The highest BCUT2D eigenvalue weighted by Gasteiger charge is 2.28. The van der Waals surface area contributed by atoms with Gasteiger partial charge in [-0.15, -0.1) is 0 Å². The van der Waals surface area contributed by atoms with E-state index in [0.29, 0.717) is 30.6 Å². The van der Waals surface area contributed by atoms with Crippen LogP contribution in [-0.4, -0.2) is 41.7 Å². The van der Waals surface area contributed by atoms with Crippen molar-refractivity contribution in [1.82, 2.24) is 9.47 Å². The Labute approximate surface area is 202 Å². The average Bonchev–Trinajstić information content (AvgIpc) is 3.18. The molecule has 0 atom stereocenters. The molecule has 5 nitrogen and oxygen atoms in total. The molecule has 0 spiro atoms. The van der Waals surface area contributed by atoms with Crippen molar-refractivity contribution in [3.63, 3.8) is 0 Å². The van der Waals surface area contributed by atoms with Crippen LogP contribution in [0, 0.1) is 5.92 Å². The Morgan fingerprint density at radius 1 is 1.03 bits per heavy atom. The molecule has 3 aromatic rings. The number of fused-ring (bicyclic) bond motifs is 3. The van der Waals surface area contributed by atoms with Crippen LogP contribution in [0.2, 0.25) is 0 Å². The van der Waals surface area contributed by atoms with E-state index in [4.69, 9.17) is 9.47 Å². The Hall–Kier alpha value is -2.79. The van der Waals surface area contributed by atoms with Gasteiger partial charge in [0.2, 0.25) is 5.88 Å². The molecule has 0 bridgehead atoms. The van der Waals surface area contributed by atoms with Gasteiger partial charge in [-0.3, -0.25) is 4.90 Å². The van der Waals surface area contributed by atoms with Crippen LogP contribution < -0.4 is 4.74 Å². The van der Waals surface area contributed by atoms with Crippen LogP contribution in [0.25, 0.3) is 10.9 Å². The molecule has 0 amide bonds. The zero-order valence-electron chi connectivity index (χ0n) is 20.7. The lowest BCUT2D eigenvalue weighted by Gasteiger charge is -2.31. The number of nitrogens with zero attached hydrogens (tertiary/aromatic N) is 2. The monoisotopic (exact) mass is 460 g/mol. The van der Waals surface area contributed by atoms with Gasteiger partial charge < -0.3 is 14.0 Å². The number of benzene rings is 2. The highest BCUT2D eigenvalue weighted by atomic mass is 16.5. The largest absolute Gasteiger partial charge is 0.478 e. The maximum Gasteiger partial charge on any atom is 0.344 e. The van der Waals surface area contributed by atoms with E-state index < -0.39 is 0 Å². The van der Waals surface area contributed by atoms with E-state index in [1.807, 2.05) is 18.2 Å².